The van der Waals surface area contributed by atoms with Crippen LogP contribution in [0, 0.1) is 0 Å². The molecule has 0 aliphatic carbocycles. The molecule has 0 aromatic carbocycles. The van der Waals surface area contributed by atoms with E-state index in [1.165, 1.54) is 20.8 Å². The van der Waals surface area contributed by atoms with Gasteiger partial charge in [0.1, 0.15) is 78.6 Å². The minimum atomic E-state index is -1.43. The standard InChI is InChI=1S/C69H126N8O27/c1-45(2)98-32-18-10-6-14-28-70-52(84)23-22-24-56(88)77-69(42-95-36-25-53(85)71-29-15-7-11-19-33-99-66-57(74-46(3)81)63(92)60(89)49(39-78)102-66,43-96-37-26-54(86)72-30-16-8-12-20-34-100-67-58(75-47(4)82)64(93)61(90)50(40-79)103-67)44-97-38-27-55(87)73-31-17-9-13-21-35-101-68-59(76-48(5)83)65(94)62(91)51(41-80)104-68/h45,49-51,57-68,78-80,89-94H,6-44H2,1-5H3,(H,70,84)(H,71,85)(H,72,86)(H,73,87)(H,74,81)(H,75,82)(H,76,83)(H,77,88)/t49?,50?,51?,57?,58?,59?,60-,61-,62-,63+,64+,65+,66+,67+,68+,69?/m0/s1. The molecule has 15 atom stereocenters. The molecule has 6 unspecified atom stereocenters. The summed E-state index contributed by atoms with van der Waals surface area (Å²) in [7, 11) is 0. The summed E-state index contributed by atoms with van der Waals surface area (Å²) in [4.78, 5) is 101. The molecule has 0 aromatic heterocycles. The van der Waals surface area contributed by atoms with Gasteiger partial charge in [-0.15, -0.1) is 0 Å². The zero-order chi connectivity index (χ0) is 76.7. The fraction of sp³-hybridized carbons (Fsp3) is 0.884. The molecule has 8 amide bonds. The summed E-state index contributed by atoms with van der Waals surface area (Å²) in [5.74, 6) is -3.00. The lowest BCUT2D eigenvalue weighted by Crippen LogP contribution is -2.64. The van der Waals surface area contributed by atoms with Crippen molar-refractivity contribution in [2.24, 2.45) is 0 Å². The Morgan fingerprint density at radius 2 is 0.635 bits per heavy atom. The van der Waals surface area contributed by atoms with Crippen molar-refractivity contribution in [2.45, 2.75) is 279 Å². The maximum absolute atomic E-state index is 13.9. The van der Waals surface area contributed by atoms with Crippen LogP contribution >= 0.6 is 0 Å². The molecule has 17 N–H and O–H groups in total. The Balaban J connectivity index is 1.60. The smallest absolute Gasteiger partial charge is 0.222 e. The van der Waals surface area contributed by atoms with Crippen molar-refractivity contribution in [2.75, 3.05) is 112 Å². The van der Waals surface area contributed by atoms with Gasteiger partial charge in [0.2, 0.25) is 47.3 Å². The van der Waals surface area contributed by atoms with Crippen molar-refractivity contribution in [3.8, 4) is 0 Å². The number of rotatable bonds is 58. The van der Waals surface area contributed by atoms with E-state index in [0.717, 1.165) is 25.7 Å². The van der Waals surface area contributed by atoms with E-state index in [1.807, 2.05) is 13.8 Å². The van der Waals surface area contributed by atoms with Gasteiger partial charge in [0.05, 0.1) is 65.6 Å². The molecule has 3 heterocycles. The third kappa shape index (κ3) is 38.7. The van der Waals surface area contributed by atoms with Crippen LogP contribution in [0.2, 0.25) is 0 Å². The van der Waals surface area contributed by atoms with Gasteiger partial charge in [0.25, 0.3) is 0 Å². The third-order valence-corrected chi connectivity index (χ3v) is 17.4. The average Bonchev–Trinajstić information content (AvgIpc) is 0.804. The molecule has 3 aliphatic rings. The Labute approximate surface area is 611 Å². The number of carbonyl (C=O) groups excluding carboxylic acids is 8. The molecule has 104 heavy (non-hydrogen) atoms. The molecule has 0 radical (unpaired) electrons. The summed E-state index contributed by atoms with van der Waals surface area (Å²) in [6.45, 7) is 7.80. The van der Waals surface area contributed by atoms with Crippen LogP contribution in [-0.2, 0) is 85.7 Å². The van der Waals surface area contributed by atoms with Crippen LogP contribution < -0.4 is 42.5 Å². The molecule has 0 aromatic rings. The molecule has 3 fully saturated rings. The van der Waals surface area contributed by atoms with Crippen molar-refractivity contribution in [1.82, 2.24) is 42.5 Å². The topological polar surface area (TPSA) is 507 Å². The highest BCUT2D eigenvalue weighted by atomic mass is 16.7. The molecular weight excluding hydrogens is 1370 g/mol. The number of nitrogens with one attached hydrogen (secondary N) is 8. The predicted molar refractivity (Wildman–Crippen MR) is 372 cm³/mol. The summed E-state index contributed by atoms with van der Waals surface area (Å²) in [5.41, 5.74) is -1.43. The van der Waals surface area contributed by atoms with Gasteiger partial charge < -0.3 is 136 Å². The van der Waals surface area contributed by atoms with Gasteiger partial charge in [-0.3, -0.25) is 38.4 Å². The first-order valence-electron chi connectivity index (χ1n) is 37.1. The fourth-order valence-corrected chi connectivity index (χ4v) is 11.6. The zero-order valence-electron chi connectivity index (χ0n) is 61.7. The van der Waals surface area contributed by atoms with E-state index in [0.29, 0.717) is 110 Å². The number of aliphatic hydroxyl groups is 9. The SMILES string of the molecule is CC(=O)NC1[C@H](OCCCCCCNC(=O)CCOCC(COCCC(=O)NCCCCCCO[C@@H]2OC(CO)[C@H](O)[C@H](O)C2NC(C)=O)(COCCC(=O)NCCCCCCO[C@@H]2OC(CO)[C@H](O)[C@H](O)C2NC(C)=O)NC(=O)CCCC(=O)NCCCCCCOC(C)C)OC(CO)[C@H](O)[C@@H]1O. The number of aliphatic hydroxyl groups excluding tert-OH is 9. The van der Waals surface area contributed by atoms with Crippen molar-refractivity contribution in [1.29, 1.82) is 0 Å². The van der Waals surface area contributed by atoms with E-state index in [2.05, 4.69) is 42.5 Å². The van der Waals surface area contributed by atoms with E-state index in [-0.39, 0.29) is 128 Å². The highest BCUT2D eigenvalue weighted by molar-refractivity contribution is 5.80. The maximum atomic E-state index is 13.9. The highest BCUT2D eigenvalue weighted by Gasteiger charge is 2.48. The van der Waals surface area contributed by atoms with Gasteiger partial charge in [-0.05, 0) is 71.6 Å². The number of hydrogen-bond donors (Lipinski definition) is 17. The Morgan fingerprint density at radius 3 is 0.923 bits per heavy atom. The first-order chi connectivity index (χ1) is 49.8. The number of carbonyl (C=O) groups is 8. The van der Waals surface area contributed by atoms with Crippen LogP contribution in [0.25, 0.3) is 0 Å². The van der Waals surface area contributed by atoms with E-state index < -0.39 is 141 Å². The van der Waals surface area contributed by atoms with Crippen molar-refractivity contribution in [3.05, 3.63) is 0 Å². The summed E-state index contributed by atoms with van der Waals surface area (Å²) < 4.78 is 58.1. The van der Waals surface area contributed by atoms with Gasteiger partial charge in [0, 0.05) is 105 Å². The zero-order valence-corrected chi connectivity index (χ0v) is 61.7. The van der Waals surface area contributed by atoms with E-state index >= 15 is 0 Å². The van der Waals surface area contributed by atoms with Crippen molar-refractivity contribution < 1.29 is 132 Å². The molecule has 35 nitrogen and oxygen atoms in total. The quantitative estimate of drug-likeness (QED) is 0.0274. The van der Waals surface area contributed by atoms with Gasteiger partial charge >= 0.3 is 0 Å². The Kier molecular flexibility index (Phi) is 48.9. The number of amides is 8. The second-order valence-corrected chi connectivity index (χ2v) is 27.0. The van der Waals surface area contributed by atoms with Crippen LogP contribution in [0.3, 0.4) is 0 Å². The van der Waals surface area contributed by atoms with Crippen LogP contribution in [0.4, 0.5) is 0 Å². The molecule has 604 valence electrons. The van der Waals surface area contributed by atoms with E-state index in [1.54, 1.807) is 0 Å². The number of unbranched alkanes of at least 4 members (excludes halogenated alkanes) is 12. The monoisotopic (exact) mass is 1500 g/mol. The van der Waals surface area contributed by atoms with Crippen LogP contribution in [0.1, 0.15) is 176 Å². The normalized spacial score (nSPS) is 25.3. The van der Waals surface area contributed by atoms with Gasteiger partial charge in [0.15, 0.2) is 18.9 Å². The molecule has 3 aliphatic heterocycles. The Hall–Kier alpha value is -5.00. The largest absolute Gasteiger partial charge is 0.394 e. The highest BCUT2D eigenvalue weighted by Crippen LogP contribution is 2.26. The summed E-state index contributed by atoms with van der Waals surface area (Å²) in [6.07, 6.45) is -3.70. The first kappa shape index (κ1) is 93.2. The minimum Gasteiger partial charge on any atom is -0.394 e. The molecule has 3 saturated heterocycles. The Morgan fingerprint density at radius 1 is 0.356 bits per heavy atom. The second-order valence-electron chi connectivity index (χ2n) is 27.0. The second kappa shape index (κ2) is 54.6. The van der Waals surface area contributed by atoms with Gasteiger partial charge in [-0.25, -0.2) is 0 Å². The average molecular weight is 1500 g/mol. The van der Waals surface area contributed by atoms with Gasteiger partial charge in [-0.2, -0.15) is 0 Å². The Bertz CT molecular complexity index is 2210. The number of ether oxygens (including phenoxy) is 10. The van der Waals surface area contributed by atoms with Crippen molar-refractivity contribution >= 4 is 47.3 Å². The van der Waals surface area contributed by atoms with Crippen LogP contribution in [0.5, 0.6) is 0 Å². The molecule has 0 bridgehead atoms. The van der Waals surface area contributed by atoms with Gasteiger partial charge in [-0.1, -0.05) is 51.4 Å². The lowest BCUT2D eigenvalue weighted by molar-refractivity contribution is -0.270. The lowest BCUT2D eigenvalue weighted by Gasteiger charge is -2.42. The molecular formula is C69H126N8O27. The van der Waals surface area contributed by atoms with E-state index in [9.17, 15) is 84.3 Å². The van der Waals surface area contributed by atoms with Crippen LogP contribution in [-0.4, -0.2) is 309 Å². The molecule has 0 saturated carbocycles. The molecule has 35 heteroatoms. The summed E-state index contributed by atoms with van der Waals surface area (Å²) in [6, 6.07) is -3.16. The fourth-order valence-electron chi connectivity index (χ4n) is 11.6. The first-order valence-corrected chi connectivity index (χ1v) is 37.1. The lowest BCUT2D eigenvalue weighted by atomic mass is 9.97. The predicted octanol–water partition coefficient (Wildman–Crippen LogP) is -2.76. The summed E-state index contributed by atoms with van der Waals surface area (Å²) >= 11 is 0. The summed E-state index contributed by atoms with van der Waals surface area (Å²) in [5, 5.41) is 113. The minimum absolute atomic E-state index is 0.0634. The van der Waals surface area contributed by atoms with Crippen molar-refractivity contribution in [3.63, 3.8) is 0 Å². The van der Waals surface area contributed by atoms with Crippen LogP contribution in [0.15, 0.2) is 0 Å². The molecule has 0 spiro atoms. The maximum Gasteiger partial charge on any atom is 0.222 e. The third-order valence-electron chi connectivity index (χ3n) is 17.4. The molecule has 3 rings (SSSR count). The number of hydrogen-bond acceptors (Lipinski definition) is 27. The van der Waals surface area contributed by atoms with E-state index in [4.69, 9.17) is 47.4 Å².